The zero-order valence-electron chi connectivity index (χ0n) is 11.3. The second kappa shape index (κ2) is 6.20. The second-order valence-electron chi connectivity index (χ2n) is 5.38. The van der Waals surface area contributed by atoms with Crippen LogP contribution in [-0.4, -0.2) is 24.5 Å². The summed E-state index contributed by atoms with van der Waals surface area (Å²) in [7, 11) is 0. The molecule has 2 rings (SSSR count). The molecule has 1 aliphatic heterocycles. The minimum Gasteiger partial charge on any atom is -0.303 e. The maximum Gasteiger partial charge on any atom is -0.00129 e. The molecule has 17 heavy (non-hydrogen) atoms. The zero-order valence-corrected chi connectivity index (χ0v) is 11.3. The van der Waals surface area contributed by atoms with Crippen LogP contribution in [0.3, 0.4) is 0 Å². The van der Waals surface area contributed by atoms with Gasteiger partial charge in [-0.25, -0.2) is 0 Å². The Bertz CT molecular complexity index is 337. The first-order chi connectivity index (χ1) is 8.29. The summed E-state index contributed by atoms with van der Waals surface area (Å²) < 4.78 is 0. The van der Waals surface area contributed by atoms with Gasteiger partial charge in [0.15, 0.2) is 0 Å². The summed E-state index contributed by atoms with van der Waals surface area (Å²) in [5.74, 6) is 0.799. The number of aryl methyl sites for hydroxylation is 1. The van der Waals surface area contributed by atoms with Crippen LogP contribution in [0.2, 0.25) is 0 Å². The highest BCUT2D eigenvalue weighted by atomic mass is 15.1. The van der Waals surface area contributed by atoms with E-state index in [1.54, 1.807) is 5.56 Å². The van der Waals surface area contributed by atoms with Gasteiger partial charge in [-0.2, -0.15) is 0 Å². The molecule has 0 spiro atoms. The Kier molecular flexibility index (Phi) is 4.61. The van der Waals surface area contributed by atoms with Gasteiger partial charge in [0.25, 0.3) is 0 Å². The minimum atomic E-state index is 0.799. The fraction of sp³-hybridized carbons (Fsp3) is 0.625. The third kappa shape index (κ3) is 3.57. The Morgan fingerprint density at radius 3 is 2.65 bits per heavy atom. The van der Waals surface area contributed by atoms with Gasteiger partial charge in [-0.3, -0.25) is 0 Å². The molecule has 1 heterocycles. The zero-order chi connectivity index (χ0) is 12.1. The number of nitrogens with zero attached hydrogens (tertiary/aromatic N) is 1. The first-order valence-corrected chi connectivity index (χ1v) is 7.08. The number of rotatable bonds is 4. The molecular weight excluding hydrogens is 206 g/mol. The summed E-state index contributed by atoms with van der Waals surface area (Å²) in [6, 6.07) is 9.07. The summed E-state index contributed by atoms with van der Waals surface area (Å²) in [6.45, 7) is 8.35. The molecule has 1 aromatic rings. The lowest BCUT2D eigenvalue weighted by Crippen LogP contribution is -2.33. The molecule has 0 amide bonds. The molecule has 0 aromatic heterocycles. The van der Waals surface area contributed by atoms with Crippen molar-refractivity contribution in [3.05, 3.63) is 35.4 Å². The van der Waals surface area contributed by atoms with E-state index in [4.69, 9.17) is 0 Å². The van der Waals surface area contributed by atoms with Crippen molar-refractivity contribution < 1.29 is 0 Å². The Morgan fingerprint density at radius 1 is 1.24 bits per heavy atom. The monoisotopic (exact) mass is 231 g/mol. The lowest BCUT2D eigenvalue weighted by molar-refractivity contribution is 0.209. The fourth-order valence-corrected chi connectivity index (χ4v) is 2.80. The highest BCUT2D eigenvalue weighted by Crippen LogP contribution is 2.28. The predicted molar refractivity (Wildman–Crippen MR) is 74.5 cm³/mol. The molecule has 0 atom stereocenters. The van der Waals surface area contributed by atoms with E-state index in [0.717, 1.165) is 5.92 Å². The average molecular weight is 231 g/mol. The number of unbranched alkanes of at least 4 members (excludes halogenated alkanes) is 1. The van der Waals surface area contributed by atoms with Crippen molar-refractivity contribution in [1.29, 1.82) is 0 Å². The van der Waals surface area contributed by atoms with E-state index in [-0.39, 0.29) is 0 Å². The highest BCUT2D eigenvalue weighted by Gasteiger charge is 2.19. The van der Waals surface area contributed by atoms with Crippen LogP contribution in [0.15, 0.2) is 24.3 Å². The van der Waals surface area contributed by atoms with Crippen LogP contribution in [0.1, 0.15) is 49.7 Å². The van der Waals surface area contributed by atoms with Crippen molar-refractivity contribution in [2.45, 2.75) is 45.4 Å². The maximum atomic E-state index is 2.63. The van der Waals surface area contributed by atoms with Crippen LogP contribution in [0.5, 0.6) is 0 Å². The smallest absolute Gasteiger partial charge is 0.00129 e. The fourth-order valence-electron chi connectivity index (χ4n) is 2.80. The molecule has 0 unspecified atom stereocenters. The molecule has 1 heteroatoms. The molecule has 0 radical (unpaired) electrons. The molecule has 1 aromatic carbocycles. The highest BCUT2D eigenvalue weighted by molar-refractivity contribution is 5.25. The van der Waals surface area contributed by atoms with E-state index in [1.807, 2.05) is 0 Å². The molecule has 1 saturated heterocycles. The third-order valence-corrected chi connectivity index (χ3v) is 3.93. The molecule has 0 saturated carbocycles. The number of piperidine rings is 1. The minimum absolute atomic E-state index is 0.799. The Morgan fingerprint density at radius 2 is 2.00 bits per heavy atom. The quantitative estimate of drug-likeness (QED) is 0.757. The molecule has 1 fully saturated rings. The lowest BCUT2D eigenvalue weighted by atomic mass is 9.88. The molecule has 0 N–H and O–H groups in total. The largest absolute Gasteiger partial charge is 0.303 e. The van der Waals surface area contributed by atoms with E-state index in [2.05, 4.69) is 43.0 Å². The number of benzene rings is 1. The van der Waals surface area contributed by atoms with Gasteiger partial charge in [0.05, 0.1) is 0 Å². The van der Waals surface area contributed by atoms with Crippen LogP contribution in [-0.2, 0) is 0 Å². The number of hydrogen-bond donors (Lipinski definition) is 0. The van der Waals surface area contributed by atoms with Gasteiger partial charge in [-0.15, -0.1) is 0 Å². The Labute approximate surface area is 106 Å². The summed E-state index contributed by atoms with van der Waals surface area (Å²) in [5, 5.41) is 0. The maximum absolute atomic E-state index is 2.63. The van der Waals surface area contributed by atoms with E-state index >= 15 is 0 Å². The van der Waals surface area contributed by atoms with Crippen LogP contribution < -0.4 is 0 Å². The van der Waals surface area contributed by atoms with Crippen molar-refractivity contribution in [3.63, 3.8) is 0 Å². The van der Waals surface area contributed by atoms with Crippen LogP contribution >= 0.6 is 0 Å². The van der Waals surface area contributed by atoms with Gasteiger partial charge >= 0.3 is 0 Å². The third-order valence-electron chi connectivity index (χ3n) is 3.93. The first kappa shape index (κ1) is 12.6. The summed E-state index contributed by atoms with van der Waals surface area (Å²) in [4.78, 5) is 2.63. The first-order valence-electron chi connectivity index (χ1n) is 7.08. The summed E-state index contributed by atoms with van der Waals surface area (Å²) in [5.41, 5.74) is 2.95. The predicted octanol–water partition coefficient (Wildman–Crippen LogP) is 3.97. The van der Waals surface area contributed by atoms with Crippen LogP contribution in [0.25, 0.3) is 0 Å². The van der Waals surface area contributed by atoms with E-state index in [1.165, 1.54) is 50.9 Å². The molecular formula is C16H25N. The van der Waals surface area contributed by atoms with Crippen molar-refractivity contribution in [3.8, 4) is 0 Å². The van der Waals surface area contributed by atoms with Crippen molar-refractivity contribution >= 4 is 0 Å². The summed E-state index contributed by atoms with van der Waals surface area (Å²) >= 11 is 0. The molecule has 94 valence electrons. The molecule has 1 aliphatic rings. The van der Waals surface area contributed by atoms with Gasteiger partial charge in [-0.05, 0) is 57.3 Å². The van der Waals surface area contributed by atoms with Crippen LogP contribution in [0, 0.1) is 6.92 Å². The summed E-state index contributed by atoms with van der Waals surface area (Å²) in [6.07, 6.45) is 5.35. The molecule has 1 nitrogen and oxygen atoms in total. The van der Waals surface area contributed by atoms with Gasteiger partial charge in [0, 0.05) is 0 Å². The van der Waals surface area contributed by atoms with E-state index < -0.39 is 0 Å². The van der Waals surface area contributed by atoms with Crippen molar-refractivity contribution in [1.82, 2.24) is 4.90 Å². The standard InChI is InChI=1S/C16H25N/c1-3-4-10-17-11-8-15(9-12-17)16-7-5-6-14(2)13-16/h5-7,13,15H,3-4,8-12H2,1-2H3. The van der Waals surface area contributed by atoms with Crippen LogP contribution in [0.4, 0.5) is 0 Å². The van der Waals surface area contributed by atoms with Gasteiger partial charge < -0.3 is 4.90 Å². The topological polar surface area (TPSA) is 3.24 Å². The van der Waals surface area contributed by atoms with Gasteiger partial charge in [-0.1, -0.05) is 43.2 Å². The van der Waals surface area contributed by atoms with Crippen molar-refractivity contribution in [2.75, 3.05) is 19.6 Å². The Hall–Kier alpha value is -0.820. The SMILES string of the molecule is CCCCN1CCC(c2cccc(C)c2)CC1. The lowest BCUT2D eigenvalue weighted by Gasteiger charge is -2.32. The van der Waals surface area contributed by atoms with E-state index in [0.29, 0.717) is 0 Å². The Balaban J connectivity index is 1.86. The average Bonchev–Trinajstić information content (AvgIpc) is 2.37. The van der Waals surface area contributed by atoms with Crippen molar-refractivity contribution in [2.24, 2.45) is 0 Å². The number of hydrogen-bond acceptors (Lipinski definition) is 1. The normalized spacial score (nSPS) is 18.5. The van der Waals surface area contributed by atoms with Gasteiger partial charge in [0.2, 0.25) is 0 Å². The van der Waals surface area contributed by atoms with Gasteiger partial charge in [0.1, 0.15) is 0 Å². The molecule has 0 bridgehead atoms. The van der Waals surface area contributed by atoms with E-state index in [9.17, 15) is 0 Å². The second-order valence-corrected chi connectivity index (χ2v) is 5.38. The molecule has 0 aliphatic carbocycles. The number of likely N-dealkylation sites (tertiary alicyclic amines) is 1.